The molecule has 0 aliphatic carbocycles. The Kier molecular flexibility index (Phi) is 9.06. The van der Waals surface area contributed by atoms with Crippen molar-refractivity contribution in [2.45, 2.75) is 0 Å². The Labute approximate surface area is 503 Å². The largest absolute Gasteiger partial charge is 0.458 e. The fraction of sp³-hybridized carbons (Fsp3) is 0. The Bertz CT molecular complexity index is 5610. The zero-order chi connectivity index (χ0) is 57.0. The molecule has 4 aromatic heterocycles. The smallest absolute Gasteiger partial charge is 0.260 e. The molecule has 13 aromatic carbocycles. The lowest BCUT2D eigenvalue weighted by Gasteiger charge is -2.37. The summed E-state index contributed by atoms with van der Waals surface area (Å²) in [5, 5.41) is 9.56. The fourth-order valence-corrected chi connectivity index (χ4v) is 15.9. The Balaban J connectivity index is 0.756. The van der Waals surface area contributed by atoms with Gasteiger partial charge >= 0.3 is 0 Å². The normalized spacial score (nSPS) is 13.3. The first-order valence-corrected chi connectivity index (χ1v) is 30.1. The molecular weight excluding hydrogens is 1080 g/mol. The van der Waals surface area contributed by atoms with E-state index in [0.29, 0.717) is 0 Å². The molecule has 0 saturated carbocycles. The van der Waals surface area contributed by atoms with Gasteiger partial charge in [-0.25, -0.2) is 0 Å². The van der Waals surface area contributed by atoms with E-state index in [1.165, 1.54) is 65.2 Å². The standard InChI is InChI=1S/C78H44B2N4O4/c1-3-19-45(20-4-1)83-59-29-13-7-23-49(59)51-35-37-63-73(77(51)83)53-25-9-15-31-61(53)81(63)47-39-69-75-71(41-47)87-67-43-58-68(44-57(67)79(75)55-27-11-17-33-65(55)85-69)88-72-42-48(40-70-76(72)80(58)56-28-12-18-34-66(56)86-70)82-62-32-16-10-26-54(62)74-64(82)38-36-52-50-24-8-14-30-60(50)84(78(52)74)46-21-5-2-6-22-46/h1-44H. The second kappa shape index (κ2) is 17.1. The van der Waals surface area contributed by atoms with Gasteiger partial charge in [0.25, 0.3) is 13.4 Å². The van der Waals surface area contributed by atoms with Crippen molar-refractivity contribution < 1.29 is 18.9 Å². The highest BCUT2D eigenvalue weighted by Gasteiger charge is 2.46. The molecule has 8 nitrogen and oxygen atoms in total. The monoisotopic (exact) mass is 1120 g/mol. The first kappa shape index (κ1) is 46.7. The lowest BCUT2D eigenvalue weighted by molar-refractivity contribution is 0.457. The van der Waals surface area contributed by atoms with Crippen LogP contribution in [0.2, 0.25) is 0 Å². The summed E-state index contributed by atoms with van der Waals surface area (Å²) in [5.41, 5.74) is 19.4. The predicted molar refractivity (Wildman–Crippen MR) is 359 cm³/mol. The molecule has 0 N–H and O–H groups in total. The van der Waals surface area contributed by atoms with Gasteiger partial charge in [0.05, 0.1) is 55.5 Å². The molecule has 4 aliphatic heterocycles. The number of aromatic nitrogens is 4. The van der Waals surface area contributed by atoms with Crippen molar-refractivity contribution in [1.82, 2.24) is 18.3 Å². The van der Waals surface area contributed by atoms with Crippen LogP contribution >= 0.6 is 0 Å². The van der Waals surface area contributed by atoms with E-state index in [-0.39, 0.29) is 13.4 Å². The molecule has 4 aliphatic rings. The maximum Gasteiger partial charge on any atom is 0.260 e. The van der Waals surface area contributed by atoms with Gasteiger partial charge in [0.2, 0.25) is 0 Å². The highest BCUT2D eigenvalue weighted by atomic mass is 16.5. The molecule has 0 bridgehead atoms. The summed E-state index contributed by atoms with van der Waals surface area (Å²) in [4.78, 5) is 0. The summed E-state index contributed by atoms with van der Waals surface area (Å²) in [6, 6.07) is 96.0. The topological polar surface area (TPSA) is 56.6 Å². The van der Waals surface area contributed by atoms with Crippen LogP contribution in [0.1, 0.15) is 0 Å². The molecular formula is C78H44B2N4O4. The first-order chi connectivity index (χ1) is 43.7. The number of ether oxygens (including phenoxy) is 4. The lowest BCUT2D eigenvalue weighted by Crippen LogP contribution is -2.60. The molecule has 10 heteroatoms. The fourth-order valence-electron chi connectivity index (χ4n) is 15.9. The Morgan fingerprint density at radius 2 is 0.557 bits per heavy atom. The number of nitrogens with zero attached hydrogens (tertiary/aromatic N) is 4. The third kappa shape index (κ3) is 6.10. The summed E-state index contributed by atoms with van der Waals surface area (Å²) >= 11 is 0. The number of hydrogen-bond donors (Lipinski definition) is 0. The number of benzene rings is 13. The molecule has 21 rings (SSSR count). The van der Waals surface area contributed by atoms with Crippen molar-refractivity contribution >= 4 is 133 Å². The van der Waals surface area contributed by atoms with Crippen LogP contribution in [0.25, 0.3) is 110 Å². The zero-order valence-electron chi connectivity index (χ0n) is 47.0. The van der Waals surface area contributed by atoms with Crippen LogP contribution in [-0.4, -0.2) is 31.7 Å². The van der Waals surface area contributed by atoms with Gasteiger partial charge in [-0.2, -0.15) is 0 Å². The minimum Gasteiger partial charge on any atom is -0.458 e. The van der Waals surface area contributed by atoms with Gasteiger partial charge in [-0.05, 0) is 107 Å². The Morgan fingerprint density at radius 1 is 0.216 bits per heavy atom. The average molecular weight is 1120 g/mol. The SMILES string of the molecule is c1ccc(-n2c3ccccc3c3ccc4c(c5ccccc5n4-c4cc5c6c(c4)Oc4cc7c(cc4B6c4ccccc4O5)Oc4cc(-n5c6ccccc6c6c5ccc5c8ccccc8n(-c8ccccc8)c56)cc5c4B7c4ccccc4O5)c32)cc1. The molecule has 0 atom stereocenters. The molecule has 406 valence electrons. The maximum absolute atomic E-state index is 7.42. The van der Waals surface area contributed by atoms with Crippen molar-refractivity contribution in [2.75, 3.05) is 0 Å². The van der Waals surface area contributed by atoms with Crippen LogP contribution in [0.4, 0.5) is 0 Å². The molecule has 0 radical (unpaired) electrons. The lowest BCUT2D eigenvalue weighted by atomic mass is 9.32. The summed E-state index contributed by atoms with van der Waals surface area (Å²) < 4.78 is 38.6. The van der Waals surface area contributed by atoms with Gasteiger partial charge in [-0.3, -0.25) is 0 Å². The maximum atomic E-state index is 7.42. The molecule has 0 saturated heterocycles. The third-order valence-corrected chi connectivity index (χ3v) is 19.3. The van der Waals surface area contributed by atoms with Gasteiger partial charge in [-0.1, -0.05) is 158 Å². The summed E-state index contributed by atoms with van der Waals surface area (Å²) in [6.07, 6.45) is 0. The number of fused-ring (bicyclic) bond motifs is 22. The van der Waals surface area contributed by atoms with Crippen LogP contribution in [0, 0.1) is 0 Å². The number of hydrogen-bond acceptors (Lipinski definition) is 4. The minimum atomic E-state index is -0.216. The van der Waals surface area contributed by atoms with E-state index in [1.807, 2.05) is 0 Å². The zero-order valence-corrected chi connectivity index (χ0v) is 47.0. The second-order valence-electron chi connectivity index (χ2n) is 23.8. The van der Waals surface area contributed by atoms with E-state index >= 15 is 0 Å². The third-order valence-electron chi connectivity index (χ3n) is 19.3. The predicted octanol–water partition coefficient (Wildman–Crippen LogP) is 15.5. The second-order valence-corrected chi connectivity index (χ2v) is 23.8. The molecule has 0 spiro atoms. The van der Waals surface area contributed by atoms with E-state index in [1.54, 1.807) is 0 Å². The first-order valence-electron chi connectivity index (χ1n) is 30.1. The van der Waals surface area contributed by atoms with Gasteiger partial charge in [-0.15, -0.1) is 0 Å². The summed E-state index contributed by atoms with van der Waals surface area (Å²) in [5.74, 6) is 6.23. The van der Waals surface area contributed by atoms with Crippen molar-refractivity contribution in [1.29, 1.82) is 0 Å². The van der Waals surface area contributed by atoms with Gasteiger partial charge < -0.3 is 37.2 Å². The van der Waals surface area contributed by atoms with E-state index in [2.05, 4.69) is 285 Å². The van der Waals surface area contributed by atoms with Crippen LogP contribution in [0.5, 0.6) is 46.0 Å². The van der Waals surface area contributed by atoms with Gasteiger partial charge in [0.15, 0.2) is 0 Å². The molecule has 0 unspecified atom stereocenters. The number of rotatable bonds is 4. The van der Waals surface area contributed by atoms with Crippen molar-refractivity contribution in [2.24, 2.45) is 0 Å². The highest BCUT2D eigenvalue weighted by Crippen LogP contribution is 2.47. The van der Waals surface area contributed by atoms with Crippen molar-refractivity contribution in [3.8, 4) is 68.7 Å². The average Bonchev–Trinajstić information content (AvgIpc) is 1.27. The van der Waals surface area contributed by atoms with Crippen LogP contribution in [-0.2, 0) is 0 Å². The summed E-state index contributed by atoms with van der Waals surface area (Å²) in [7, 11) is 0. The van der Waals surface area contributed by atoms with Crippen molar-refractivity contribution in [3.05, 3.63) is 267 Å². The van der Waals surface area contributed by atoms with Crippen LogP contribution in [0.15, 0.2) is 267 Å². The van der Waals surface area contributed by atoms with E-state index in [9.17, 15) is 0 Å². The quantitative estimate of drug-likeness (QED) is 0.165. The van der Waals surface area contributed by atoms with Crippen LogP contribution < -0.4 is 51.7 Å². The van der Waals surface area contributed by atoms with E-state index < -0.39 is 0 Å². The number of para-hydroxylation sites is 8. The molecule has 8 heterocycles. The Hall–Kier alpha value is -11.6. The van der Waals surface area contributed by atoms with E-state index in [4.69, 9.17) is 18.9 Å². The molecule has 17 aromatic rings. The van der Waals surface area contributed by atoms with Crippen molar-refractivity contribution in [3.63, 3.8) is 0 Å². The highest BCUT2D eigenvalue weighted by molar-refractivity contribution is 7.00. The molecule has 0 fully saturated rings. The Morgan fingerprint density at radius 3 is 0.977 bits per heavy atom. The van der Waals surface area contributed by atoms with Gasteiger partial charge in [0.1, 0.15) is 46.0 Å². The van der Waals surface area contributed by atoms with E-state index in [0.717, 1.165) is 124 Å². The molecule has 0 amide bonds. The minimum absolute atomic E-state index is 0.216. The summed E-state index contributed by atoms with van der Waals surface area (Å²) in [6.45, 7) is -0.431. The van der Waals surface area contributed by atoms with Crippen LogP contribution in [0.3, 0.4) is 0 Å². The molecule has 88 heavy (non-hydrogen) atoms. The van der Waals surface area contributed by atoms with Gasteiger partial charge in [0, 0.05) is 89.7 Å².